The van der Waals surface area contributed by atoms with Crippen LogP contribution in [0.1, 0.15) is 45.7 Å². The smallest absolute Gasteiger partial charge is 0.227 e. The van der Waals surface area contributed by atoms with Crippen LogP contribution in [-0.2, 0) is 6.54 Å². The van der Waals surface area contributed by atoms with Crippen LogP contribution in [0, 0.1) is 0 Å². The molecule has 2 aromatic heterocycles. The molecule has 0 saturated heterocycles. The lowest BCUT2D eigenvalue weighted by molar-refractivity contribution is 0.169. The molecule has 0 saturated carbocycles. The molecule has 0 aliphatic carbocycles. The second kappa shape index (κ2) is 8.75. The molecule has 2 heterocycles. The first-order chi connectivity index (χ1) is 13.4. The molecule has 150 valence electrons. The molecule has 3 rings (SSSR count). The van der Waals surface area contributed by atoms with Gasteiger partial charge in [0.2, 0.25) is 5.95 Å². The summed E-state index contributed by atoms with van der Waals surface area (Å²) in [4.78, 5) is 13.8. The molecule has 0 aliphatic rings. The summed E-state index contributed by atoms with van der Waals surface area (Å²) < 4.78 is 2.01. The second-order valence-corrected chi connectivity index (χ2v) is 7.63. The lowest BCUT2D eigenvalue weighted by Gasteiger charge is -2.20. The van der Waals surface area contributed by atoms with Gasteiger partial charge in [-0.05, 0) is 44.9 Å². The van der Waals surface area contributed by atoms with E-state index < -0.39 is 6.10 Å². The van der Waals surface area contributed by atoms with Crippen LogP contribution in [0.4, 0.5) is 11.8 Å². The first-order valence-electron chi connectivity index (χ1n) is 9.56. The number of aromatic nitrogens is 4. The van der Waals surface area contributed by atoms with Gasteiger partial charge in [-0.3, -0.25) is 0 Å². The number of aliphatic hydroxyl groups is 1. The van der Waals surface area contributed by atoms with E-state index in [0.717, 1.165) is 17.6 Å². The molecular weight excluding hydrogens is 376 g/mol. The first kappa shape index (κ1) is 20.4. The highest BCUT2D eigenvalue weighted by atomic mass is 35.5. The summed E-state index contributed by atoms with van der Waals surface area (Å²) in [6.45, 7) is 8.50. The normalized spacial score (nSPS) is 13.7. The van der Waals surface area contributed by atoms with Crippen LogP contribution in [0.15, 0.2) is 30.6 Å². The monoisotopic (exact) mass is 402 g/mol. The van der Waals surface area contributed by atoms with Crippen molar-refractivity contribution >= 4 is 34.5 Å². The average molecular weight is 403 g/mol. The van der Waals surface area contributed by atoms with E-state index in [1.165, 1.54) is 0 Å². The number of halogens is 1. The van der Waals surface area contributed by atoms with Gasteiger partial charge in [0.25, 0.3) is 0 Å². The minimum Gasteiger partial charge on any atom is -0.391 e. The van der Waals surface area contributed by atoms with E-state index in [4.69, 9.17) is 11.6 Å². The van der Waals surface area contributed by atoms with E-state index in [2.05, 4.69) is 39.4 Å². The van der Waals surface area contributed by atoms with Crippen molar-refractivity contribution < 1.29 is 5.11 Å². The highest BCUT2D eigenvalue weighted by Gasteiger charge is 2.18. The van der Waals surface area contributed by atoms with Gasteiger partial charge in [-0.1, -0.05) is 30.7 Å². The lowest BCUT2D eigenvalue weighted by Crippen LogP contribution is -2.31. The molecule has 0 unspecified atom stereocenters. The molecule has 0 radical (unpaired) electrons. The van der Waals surface area contributed by atoms with Crippen LogP contribution in [-0.4, -0.2) is 36.8 Å². The molecule has 0 bridgehead atoms. The number of hydrogen-bond donors (Lipinski definition) is 3. The zero-order valence-corrected chi connectivity index (χ0v) is 17.4. The van der Waals surface area contributed by atoms with Gasteiger partial charge < -0.3 is 20.3 Å². The Morgan fingerprint density at radius 2 is 2.00 bits per heavy atom. The fraction of sp³-hybridized carbons (Fsp3) is 0.450. The van der Waals surface area contributed by atoms with Gasteiger partial charge in [-0.15, -0.1) is 0 Å². The third kappa shape index (κ3) is 4.54. The lowest BCUT2D eigenvalue weighted by atomic mass is 10.1. The fourth-order valence-electron chi connectivity index (χ4n) is 3.04. The number of hydrogen-bond acceptors (Lipinski definition) is 6. The molecule has 0 fully saturated rings. The van der Waals surface area contributed by atoms with Crippen molar-refractivity contribution in [3.05, 3.63) is 41.2 Å². The number of imidazole rings is 1. The Kier molecular flexibility index (Phi) is 6.36. The third-order valence-corrected chi connectivity index (χ3v) is 4.90. The van der Waals surface area contributed by atoms with Gasteiger partial charge in [0.15, 0.2) is 17.0 Å². The van der Waals surface area contributed by atoms with Crippen LogP contribution in [0.3, 0.4) is 0 Å². The fourth-order valence-corrected chi connectivity index (χ4v) is 3.26. The van der Waals surface area contributed by atoms with Gasteiger partial charge in [0, 0.05) is 17.6 Å². The molecular formula is C20H27ClN6O. The Morgan fingerprint density at radius 1 is 1.21 bits per heavy atom. The van der Waals surface area contributed by atoms with Crippen molar-refractivity contribution in [3.63, 3.8) is 0 Å². The van der Waals surface area contributed by atoms with Crippen molar-refractivity contribution in [2.45, 2.75) is 58.8 Å². The minimum absolute atomic E-state index is 0.131. The van der Waals surface area contributed by atoms with Gasteiger partial charge in [0.1, 0.15) is 0 Å². The predicted molar refractivity (Wildman–Crippen MR) is 114 cm³/mol. The maximum Gasteiger partial charge on any atom is 0.227 e. The quantitative estimate of drug-likeness (QED) is 0.522. The summed E-state index contributed by atoms with van der Waals surface area (Å²) in [5.41, 5.74) is 2.51. The Balaban J connectivity index is 1.96. The molecule has 0 aliphatic heterocycles. The molecule has 8 heteroatoms. The molecule has 3 aromatic rings. The van der Waals surface area contributed by atoms with Crippen LogP contribution in [0.2, 0.25) is 5.02 Å². The molecule has 3 N–H and O–H groups in total. The number of aliphatic hydroxyl groups excluding tert-OH is 1. The second-order valence-electron chi connectivity index (χ2n) is 7.20. The van der Waals surface area contributed by atoms with E-state index in [1.54, 1.807) is 13.3 Å². The van der Waals surface area contributed by atoms with Crippen molar-refractivity contribution in [1.82, 2.24) is 19.5 Å². The van der Waals surface area contributed by atoms with Crippen LogP contribution >= 0.6 is 11.6 Å². The number of benzene rings is 1. The molecule has 1 aromatic carbocycles. The molecule has 2 atom stereocenters. The Morgan fingerprint density at radius 3 is 2.64 bits per heavy atom. The number of fused-ring (bicyclic) bond motifs is 1. The zero-order valence-electron chi connectivity index (χ0n) is 16.6. The van der Waals surface area contributed by atoms with Crippen molar-refractivity contribution in [2.75, 3.05) is 10.6 Å². The number of nitrogens with zero attached hydrogens (tertiary/aromatic N) is 4. The SMILES string of the molecule is CC[C@H](Nc1nc(NCc2cccc(Cl)c2)c2ncn(C(C)C)c2n1)[C@@H](C)O. The molecule has 0 amide bonds. The van der Waals surface area contributed by atoms with Crippen LogP contribution < -0.4 is 10.6 Å². The van der Waals surface area contributed by atoms with Gasteiger partial charge in [-0.2, -0.15) is 9.97 Å². The summed E-state index contributed by atoms with van der Waals surface area (Å²) >= 11 is 6.09. The molecule has 0 spiro atoms. The van der Waals surface area contributed by atoms with Gasteiger partial charge in [0.05, 0.1) is 18.5 Å². The largest absolute Gasteiger partial charge is 0.391 e. The van der Waals surface area contributed by atoms with Crippen LogP contribution in [0.25, 0.3) is 11.2 Å². The number of nitrogens with one attached hydrogen (secondary N) is 2. The van der Waals surface area contributed by atoms with Crippen molar-refractivity contribution in [1.29, 1.82) is 0 Å². The Hall–Kier alpha value is -2.38. The maximum atomic E-state index is 9.97. The Labute approximate surface area is 170 Å². The predicted octanol–water partition coefficient (Wildman–Crippen LogP) is 4.24. The Bertz CT molecular complexity index is 940. The van der Waals surface area contributed by atoms with E-state index in [1.807, 2.05) is 35.8 Å². The van der Waals surface area contributed by atoms with Crippen molar-refractivity contribution in [2.24, 2.45) is 0 Å². The zero-order chi connectivity index (χ0) is 20.3. The third-order valence-electron chi connectivity index (χ3n) is 4.66. The summed E-state index contributed by atoms with van der Waals surface area (Å²) in [5, 5.41) is 17.3. The summed E-state index contributed by atoms with van der Waals surface area (Å²) in [5.74, 6) is 1.11. The average Bonchev–Trinajstić information content (AvgIpc) is 3.08. The van der Waals surface area contributed by atoms with E-state index >= 15 is 0 Å². The number of anilines is 2. The van der Waals surface area contributed by atoms with Gasteiger partial charge in [-0.25, -0.2) is 4.98 Å². The summed E-state index contributed by atoms with van der Waals surface area (Å²) in [6, 6.07) is 7.77. The maximum absolute atomic E-state index is 9.97. The summed E-state index contributed by atoms with van der Waals surface area (Å²) in [7, 11) is 0. The van der Waals surface area contributed by atoms with Crippen LogP contribution in [0.5, 0.6) is 0 Å². The topological polar surface area (TPSA) is 87.9 Å². The van der Waals surface area contributed by atoms with E-state index in [-0.39, 0.29) is 12.1 Å². The highest BCUT2D eigenvalue weighted by molar-refractivity contribution is 6.30. The standard InChI is InChI=1S/C20H27ClN6O/c1-5-16(13(4)28)24-20-25-18(22-10-14-7-6-8-15(21)9-14)17-19(26-20)27(11-23-17)12(2)3/h6-9,11-13,16,28H,5,10H2,1-4H3,(H2,22,24,25,26)/t13-,16+/m1/s1. The number of rotatable bonds is 8. The first-order valence-corrected chi connectivity index (χ1v) is 9.94. The minimum atomic E-state index is -0.512. The summed E-state index contributed by atoms with van der Waals surface area (Å²) in [6.07, 6.45) is 2.03. The van der Waals surface area contributed by atoms with E-state index in [0.29, 0.717) is 28.9 Å². The van der Waals surface area contributed by atoms with E-state index in [9.17, 15) is 5.11 Å². The van der Waals surface area contributed by atoms with Gasteiger partial charge >= 0.3 is 0 Å². The molecule has 28 heavy (non-hydrogen) atoms. The molecule has 7 nitrogen and oxygen atoms in total. The highest BCUT2D eigenvalue weighted by Crippen LogP contribution is 2.24. The van der Waals surface area contributed by atoms with Crippen molar-refractivity contribution in [3.8, 4) is 0 Å².